The van der Waals surface area contributed by atoms with E-state index in [1.807, 2.05) is 0 Å². The number of guanidine groups is 1. The first-order valence-electron chi connectivity index (χ1n) is 5.10. The van der Waals surface area contributed by atoms with Crippen molar-refractivity contribution in [1.29, 1.82) is 5.41 Å². The van der Waals surface area contributed by atoms with Gasteiger partial charge in [0.1, 0.15) is 0 Å². The van der Waals surface area contributed by atoms with Gasteiger partial charge in [0.05, 0.1) is 11.3 Å². The molecule has 0 fully saturated rings. The first-order valence-corrected chi connectivity index (χ1v) is 5.98. The lowest BCUT2D eigenvalue weighted by Crippen LogP contribution is -2.20. The monoisotopic (exact) mass is 286 g/mol. The van der Waals surface area contributed by atoms with E-state index in [2.05, 4.69) is 10.3 Å². The van der Waals surface area contributed by atoms with Gasteiger partial charge < -0.3 is 11.1 Å². The number of benzene rings is 1. The number of anilines is 1. The fourth-order valence-corrected chi connectivity index (χ4v) is 2.14. The van der Waals surface area contributed by atoms with Gasteiger partial charge in [-0.3, -0.25) is 5.41 Å². The third-order valence-corrected chi connectivity index (χ3v) is 3.01. The minimum Gasteiger partial charge on any atom is -0.370 e. The van der Waals surface area contributed by atoms with Gasteiger partial charge in [0, 0.05) is 10.9 Å². The van der Waals surface area contributed by atoms with Crippen molar-refractivity contribution < 1.29 is 13.2 Å². The molecule has 4 nitrogen and oxygen atoms in total. The molecule has 0 aliphatic carbocycles. The number of alkyl halides is 3. The molecule has 0 saturated carbocycles. The van der Waals surface area contributed by atoms with Gasteiger partial charge in [-0.2, -0.15) is 13.2 Å². The Balaban J connectivity index is 2.23. The summed E-state index contributed by atoms with van der Waals surface area (Å²) in [5.74, 6) is -0.242. The summed E-state index contributed by atoms with van der Waals surface area (Å²) in [6, 6.07) is 4.73. The molecular formula is C11H9F3N4S. The summed E-state index contributed by atoms with van der Waals surface area (Å²) in [5.41, 5.74) is 5.55. The Morgan fingerprint density at radius 3 is 2.42 bits per heavy atom. The number of aromatic nitrogens is 1. The molecule has 0 spiro atoms. The van der Waals surface area contributed by atoms with Crippen LogP contribution in [0.5, 0.6) is 0 Å². The van der Waals surface area contributed by atoms with Gasteiger partial charge in [0.2, 0.25) is 0 Å². The van der Waals surface area contributed by atoms with Crippen LogP contribution in [-0.4, -0.2) is 10.9 Å². The van der Waals surface area contributed by atoms with E-state index in [-0.39, 0.29) is 5.96 Å². The van der Waals surface area contributed by atoms with Gasteiger partial charge in [0.15, 0.2) is 11.1 Å². The molecule has 2 aromatic rings. The van der Waals surface area contributed by atoms with Crippen LogP contribution in [0.25, 0.3) is 11.3 Å². The van der Waals surface area contributed by atoms with Crippen LogP contribution in [0.4, 0.5) is 18.3 Å². The second-order valence-electron chi connectivity index (χ2n) is 3.65. The zero-order valence-corrected chi connectivity index (χ0v) is 10.3. The van der Waals surface area contributed by atoms with E-state index in [9.17, 15) is 13.2 Å². The van der Waals surface area contributed by atoms with Crippen LogP contribution in [0.3, 0.4) is 0 Å². The summed E-state index contributed by atoms with van der Waals surface area (Å²) >= 11 is 1.22. The van der Waals surface area contributed by atoms with Gasteiger partial charge in [-0.1, -0.05) is 12.1 Å². The topological polar surface area (TPSA) is 74.8 Å². The Morgan fingerprint density at radius 1 is 1.26 bits per heavy atom. The van der Waals surface area contributed by atoms with Crippen molar-refractivity contribution in [3.05, 3.63) is 35.2 Å². The molecule has 0 aliphatic rings. The highest BCUT2D eigenvalue weighted by molar-refractivity contribution is 7.14. The molecule has 0 atom stereocenters. The lowest BCUT2D eigenvalue weighted by molar-refractivity contribution is -0.137. The molecule has 100 valence electrons. The van der Waals surface area contributed by atoms with Crippen LogP contribution in [0.15, 0.2) is 29.6 Å². The molecule has 4 N–H and O–H groups in total. The average Bonchev–Trinajstić information content (AvgIpc) is 2.75. The minimum atomic E-state index is -4.35. The number of thiazole rings is 1. The second kappa shape index (κ2) is 4.88. The Morgan fingerprint density at radius 2 is 1.89 bits per heavy atom. The number of rotatable bonds is 2. The van der Waals surface area contributed by atoms with Crippen LogP contribution in [0, 0.1) is 5.41 Å². The molecule has 8 heteroatoms. The maximum Gasteiger partial charge on any atom is 0.416 e. The average molecular weight is 286 g/mol. The normalized spacial score (nSPS) is 11.3. The quantitative estimate of drug-likeness (QED) is 0.586. The summed E-state index contributed by atoms with van der Waals surface area (Å²) in [6.07, 6.45) is -4.35. The molecule has 0 amide bonds. The Bertz CT molecular complexity index is 589. The third kappa shape index (κ3) is 3.22. The highest BCUT2D eigenvalue weighted by Gasteiger charge is 2.30. The molecule has 19 heavy (non-hydrogen) atoms. The van der Waals surface area contributed by atoms with Gasteiger partial charge in [-0.05, 0) is 12.1 Å². The van der Waals surface area contributed by atoms with Crippen LogP contribution >= 0.6 is 11.3 Å². The van der Waals surface area contributed by atoms with E-state index in [4.69, 9.17) is 11.1 Å². The third-order valence-electron chi connectivity index (χ3n) is 2.25. The number of nitrogens with two attached hydrogens (primary N) is 1. The minimum absolute atomic E-state index is 0.242. The van der Waals surface area contributed by atoms with E-state index < -0.39 is 11.7 Å². The van der Waals surface area contributed by atoms with Crippen molar-refractivity contribution >= 4 is 22.4 Å². The summed E-state index contributed by atoms with van der Waals surface area (Å²) in [7, 11) is 0. The summed E-state index contributed by atoms with van der Waals surface area (Å²) < 4.78 is 37.2. The van der Waals surface area contributed by atoms with Crippen LogP contribution in [0.2, 0.25) is 0 Å². The number of hydrogen-bond acceptors (Lipinski definition) is 3. The largest absolute Gasteiger partial charge is 0.416 e. The van der Waals surface area contributed by atoms with Crippen LogP contribution in [-0.2, 0) is 6.18 Å². The fourth-order valence-electron chi connectivity index (χ4n) is 1.41. The molecule has 2 rings (SSSR count). The highest BCUT2D eigenvalue weighted by atomic mass is 32.1. The molecule has 0 radical (unpaired) electrons. The zero-order valence-electron chi connectivity index (χ0n) is 9.45. The Hall–Kier alpha value is -2.09. The first kappa shape index (κ1) is 13.3. The lowest BCUT2D eigenvalue weighted by Gasteiger charge is -2.06. The van der Waals surface area contributed by atoms with Gasteiger partial charge in [-0.25, -0.2) is 4.98 Å². The van der Waals surface area contributed by atoms with Crippen LogP contribution in [0.1, 0.15) is 5.56 Å². The summed E-state index contributed by atoms with van der Waals surface area (Å²) in [6.45, 7) is 0. The molecule has 0 saturated heterocycles. The van der Waals surface area contributed by atoms with Crippen molar-refractivity contribution in [3.8, 4) is 11.3 Å². The van der Waals surface area contributed by atoms with E-state index in [1.165, 1.54) is 23.5 Å². The Labute approximate surface area is 110 Å². The SMILES string of the molecule is N=C(N)Nc1nc(-c2ccc(C(F)(F)F)cc2)cs1. The van der Waals surface area contributed by atoms with Crippen molar-refractivity contribution in [2.45, 2.75) is 6.18 Å². The van der Waals surface area contributed by atoms with Gasteiger partial charge >= 0.3 is 6.18 Å². The van der Waals surface area contributed by atoms with E-state index in [0.717, 1.165) is 12.1 Å². The van der Waals surface area contributed by atoms with E-state index in [0.29, 0.717) is 16.4 Å². The molecule has 1 heterocycles. The second-order valence-corrected chi connectivity index (χ2v) is 4.51. The maximum absolute atomic E-state index is 12.4. The summed E-state index contributed by atoms with van der Waals surface area (Å²) in [4.78, 5) is 4.12. The highest BCUT2D eigenvalue weighted by Crippen LogP contribution is 2.31. The smallest absolute Gasteiger partial charge is 0.370 e. The van der Waals surface area contributed by atoms with Crippen molar-refractivity contribution in [2.24, 2.45) is 5.73 Å². The predicted octanol–water partition coefficient (Wildman–Crippen LogP) is 3.13. The van der Waals surface area contributed by atoms with Gasteiger partial charge in [-0.15, -0.1) is 11.3 Å². The van der Waals surface area contributed by atoms with Crippen molar-refractivity contribution in [2.75, 3.05) is 5.32 Å². The maximum atomic E-state index is 12.4. The number of hydrogen-bond donors (Lipinski definition) is 3. The predicted molar refractivity (Wildman–Crippen MR) is 68.1 cm³/mol. The standard InChI is InChI=1S/C11H9F3N4S/c12-11(13,14)7-3-1-6(2-4-7)8-5-19-10(17-8)18-9(15)16/h1-5H,(H4,15,16,17,18). The molecule has 0 bridgehead atoms. The first-order chi connectivity index (χ1) is 8.86. The molecular weight excluding hydrogens is 277 g/mol. The van der Waals surface area contributed by atoms with Crippen molar-refractivity contribution in [3.63, 3.8) is 0 Å². The Kier molecular flexibility index (Phi) is 3.43. The molecule has 1 aromatic heterocycles. The number of nitrogens with zero attached hydrogens (tertiary/aromatic N) is 1. The lowest BCUT2D eigenvalue weighted by atomic mass is 10.1. The molecule has 0 unspecified atom stereocenters. The molecule has 1 aromatic carbocycles. The number of nitrogens with one attached hydrogen (secondary N) is 2. The van der Waals surface area contributed by atoms with E-state index >= 15 is 0 Å². The van der Waals surface area contributed by atoms with Gasteiger partial charge in [0.25, 0.3) is 0 Å². The zero-order chi connectivity index (χ0) is 14.0. The summed E-state index contributed by atoms with van der Waals surface area (Å²) in [5, 5.41) is 11.7. The van der Waals surface area contributed by atoms with E-state index in [1.54, 1.807) is 5.38 Å². The number of halogens is 3. The van der Waals surface area contributed by atoms with Crippen LogP contribution < -0.4 is 11.1 Å². The van der Waals surface area contributed by atoms with Crippen molar-refractivity contribution in [1.82, 2.24) is 4.98 Å². The fraction of sp³-hybridized carbons (Fsp3) is 0.0909. The molecule has 0 aliphatic heterocycles.